The number of nitrogens with zero attached hydrogens (tertiary/aromatic N) is 2. The molecule has 0 atom stereocenters. The van der Waals surface area contributed by atoms with Gasteiger partial charge >= 0.3 is 0 Å². The maximum absolute atomic E-state index is 13.0. The molecule has 26 heavy (non-hydrogen) atoms. The van der Waals surface area contributed by atoms with Crippen LogP contribution in [0.25, 0.3) is 0 Å². The van der Waals surface area contributed by atoms with Crippen molar-refractivity contribution in [3.63, 3.8) is 0 Å². The molecule has 2 aliphatic heterocycles. The van der Waals surface area contributed by atoms with Gasteiger partial charge in [0.05, 0.1) is 0 Å². The molecule has 1 fully saturated rings. The molecule has 0 unspecified atom stereocenters. The summed E-state index contributed by atoms with van der Waals surface area (Å²) in [6.07, 6.45) is 4.63. The van der Waals surface area contributed by atoms with Gasteiger partial charge in [0.1, 0.15) is 5.82 Å². The Kier molecular flexibility index (Phi) is 5.11. The van der Waals surface area contributed by atoms with Crippen LogP contribution in [-0.2, 0) is 12.8 Å². The first-order valence-electron chi connectivity index (χ1n) is 9.77. The molecular formula is C22H28FN3. The third kappa shape index (κ3) is 3.70. The molecule has 3 nitrogen and oxygen atoms in total. The van der Waals surface area contributed by atoms with Crippen LogP contribution in [0.2, 0.25) is 0 Å². The van der Waals surface area contributed by atoms with Crippen molar-refractivity contribution in [3.8, 4) is 0 Å². The highest BCUT2D eigenvalue weighted by molar-refractivity contribution is 5.66. The van der Waals surface area contributed by atoms with E-state index in [2.05, 4.69) is 33.3 Å². The minimum Gasteiger partial charge on any atom is -0.388 e. The van der Waals surface area contributed by atoms with Crippen molar-refractivity contribution in [3.05, 3.63) is 59.4 Å². The van der Waals surface area contributed by atoms with E-state index in [1.54, 1.807) is 12.1 Å². The molecule has 0 aliphatic carbocycles. The summed E-state index contributed by atoms with van der Waals surface area (Å²) in [6, 6.07) is 14.4. The minimum atomic E-state index is -0.151. The number of anilines is 2. The second kappa shape index (κ2) is 7.67. The largest absolute Gasteiger partial charge is 0.388 e. The fourth-order valence-corrected chi connectivity index (χ4v) is 4.33. The first-order valence-corrected chi connectivity index (χ1v) is 9.77. The van der Waals surface area contributed by atoms with Crippen LogP contribution in [0.15, 0.2) is 42.5 Å². The monoisotopic (exact) mass is 353 g/mol. The highest BCUT2D eigenvalue weighted by Gasteiger charge is 2.29. The smallest absolute Gasteiger partial charge is 0.123 e. The fraction of sp³-hybridized carbons (Fsp3) is 0.455. The van der Waals surface area contributed by atoms with Crippen LogP contribution in [0.1, 0.15) is 24.0 Å². The summed E-state index contributed by atoms with van der Waals surface area (Å²) in [5.41, 5.74) is 5.35. The van der Waals surface area contributed by atoms with Gasteiger partial charge in [-0.2, -0.15) is 0 Å². The number of hydrogen-bond acceptors (Lipinski definition) is 3. The normalized spacial score (nSPS) is 18.2. The molecule has 0 spiro atoms. The van der Waals surface area contributed by atoms with E-state index in [-0.39, 0.29) is 5.82 Å². The lowest BCUT2D eigenvalue weighted by Gasteiger charge is -2.38. The van der Waals surface area contributed by atoms with Gasteiger partial charge in [-0.3, -0.25) is 0 Å². The Balaban J connectivity index is 1.31. The molecule has 2 heterocycles. The molecule has 2 aromatic carbocycles. The number of nitrogens with one attached hydrogen (secondary N) is 1. The molecule has 4 heteroatoms. The van der Waals surface area contributed by atoms with Crippen molar-refractivity contribution in [2.45, 2.75) is 31.7 Å². The zero-order chi connectivity index (χ0) is 17.9. The Morgan fingerprint density at radius 1 is 1.04 bits per heavy atom. The quantitative estimate of drug-likeness (QED) is 0.878. The second-order valence-electron chi connectivity index (χ2n) is 7.49. The number of fused-ring (bicyclic) bond motifs is 1. The van der Waals surface area contributed by atoms with Crippen LogP contribution in [0.5, 0.6) is 0 Å². The molecule has 0 saturated carbocycles. The van der Waals surface area contributed by atoms with E-state index in [4.69, 9.17) is 0 Å². The van der Waals surface area contributed by atoms with E-state index in [1.807, 2.05) is 19.2 Å². The molecule has 2 aliphatic rings. The van der Waals surface area contributed by atoms with Crippen LogP contribution >= 0.6 is 0 Å². The molecular weight excluding hydrogens is 325 g/mol. The van der Waals surface area contributed by atoms with Gasteiger partial charge in [-0.1, -0.05) is 18.2 Å². The van der Waals surface area contributed by atoms with E-state index >= 15 is 0 Å². The van der Waals surface area contributed by atoms with Gasteiger partial charge in [0.2, 0.25) is 0 Å². The standard InChI is InChI=1S/C22H28FN3/c1-24-20-7-4-18-9-15-26(22(18)16-20)21-10-13-25(14-11-21)12-8-17-2-5-19(23)6-3-17/h2-7,16,21,24H,8-15H2,1H3. The Morgan fingerprint density at radius 3 is 2.54 bits per heavy atom. The molecule has 1 saturated heterocycles. The summed E-state index contributed by atoms with van der Waals surface area (Å²) in [5.74, 6) is -0.151. The molecule has 1 N–H and O–H groups in total. The van der Waals surface area contributed by atoms with Crippen molar-refractivity contribution in [1.29, 1.82) is 0 Å². The SMILES string of the molecule is CNc1ccc2c(c1)N(C1CCN(CCc3ccc(F)cc3)CC1)CC2. The van der Waals surface area contributed by atoms with Crippen molar-refractivity contribution in [2.75, 3.05) is 43.4 Å². The summed E-state index contributed by atoms with van der Waals surface area (Å²) in [6.45, 7) is 4.54. The van der Waals surface area contributed by atoms with Crippen molar-refractivity contribution in [1.82, 2.24) is 4.90 Å². The predicted molar refractivity (Wildman–Crippen MR) is 107 cm³/mol. The Bertz CT molecular complexity index is 736. The van der Waals surface area contributed by atoms with Crippen LogP contribution in [0, 0.1) is 5.82 Å². The summed E-state index contributed by atoms with van der Waals surface area (Å²) in [4.78, 5) is 5.19. The fourth-order valence-electron chi connectivity index (χ4n) is 4.33. The van der Waals surface area contributed by atoms with Crippen LogP contribution in [0.4, 0.5) is 15.8 Å². The van der Waals surface area contributed by atoms with E-state index in [0.717, 1.165) is 32.6 Å². The Hall–Kier alpha value is -2.07. The topological polar surface area (TPSA) is 18.5 Å². The van der Waals surface area contributed by atoms with Crippen molar-refractivity contribution >= 4 is 11.4 Å². The van der Waals surface area contributed by atoms with Gasteiger partial charge in [0.15, 0.2) is 0 Å². The minimum absolute atomic E-state index is 0.151. The number of hydrogen-bond donors (Lipinski definition) is 1. The summed E-state index contributed by atoms with van der Waals surface area (Å²) < 4.78 is 13.0. The number of halogens is 1. The van der Waals surface area contributed by atoms with Gasteiger partial charge in [-0.05, 0) is 61.1 Å². The van der Waals surface area contributed by atoms with Crippen LogP contribution in [-0.4, -0.2) is 44.2 Å². The molecule has 0 bridgehead atoms. The first kappa shape index (κ1) is 17.3. The van der Waals surface area contributed by atoms with Gasteiger partial charge in [-0.25, -0.2) is 4.39 Å². The van der Waals surface area contributed by atoms with Gasteiger partial charge < -0.3 is 15.1 Å². The van der Waals surface area contributed by atoms with Gasteiger partial charge in [0.25, 0.3) is 0 Å². The average Bonchev–Trinajstić information content (AvgIpc) is 3.11. The van der Waals surface area contributed by atoms with E-state index in [0.29, 0.717) is 6.04 Å². The van der Waals surface area contributed by atoms with E-state index in [9.17, 15) is 4.39 Å². The lowest BCUT2D eigenvalue weighted by Crippen LogP contribution is -2.45. The van der Waals surface area contributed by atoms with Gasteiger partial charge in [0, 0.05) is 50.6 Å². The molecule has 138 valence electrons. The number of rotatable bonds is 5. The number of benzene rings is 2. The maximum atomic E-state index is 13.0. The lowest BCUT2D eigenvalue weighted by molar-refractivity contribution is 0.212. The van der Waals surface area contributed by atoms with Crippen molar-refractivity contribution < 1.29 is 4.39 Å². The molecule has 0 radical (unpaired) electrons. The highest BCUT2D eigenvalue weighted by atomic mass is 19.1. The number of likely N-dealkylation sites (tertiary alicyclic amines) is 1. The zero-order valence-electron chi connectivity index (χ0n) is 15.5. The Labute approximate surface area is 155 Å². The van der Waals surface area contributed by atoms with E-state index < -0.39 is 0 Å². The van der Waals surface area contributed by atoms with Crippen LogP contribution in [0.3, 0.4) is 0 Å². The van der Waals surface area contributed by atoms with Crippen LogP contribution < -0.4 is 10.2 Å². The van der Waals surface area contributed by atoms with Crippen molar-refractivity contribution in [2.24, 2.45) is 0 Å². The summed E-state index contributed by atoms with van der Waals surface area (Å²) in [7, 11) is 1.99. The molecule has 0 amide bonds. The molecule has 4 rings (SSSR count). The zero-order valence-corrected chi connectivity index (χ0v) is 15.5. The third-order valence-corrected chi connectivity index (χ3v) is 5.93. The molecule has 2 aromatic rings. The second-order valence-corrected chi connectivity index (χ2v) is 7.49. The predicted octanol–water partition coefficient (Wildman–Crippen LogP) is 3.94. The molecule has 0 aromatic heterocycles. The average molecular weight is 353 g/mol. The van der Waals surface area contributed by atoms with Gasteiger partial charge in [-0.15, -0.1) is 0 Å². The number of piperidine rings is 1. The van der Waals surface area contributed by atoms with E-state index in [1.165, 1.54) is 41.8 Å². The third-order valence-electron chi connectivity index (χ3n) is 5.93. The first-order chi connectivity index (χ1) is 12.7. The highest BCUT2D eigenvalue weighted by Crippen LogP contribution is 2.34. The summed E-state index contributed by atoms with van der Waals surface area (Å²) >= 11 is 0. The Morgan fingerprint density at radius 2 is 1.81 bits per heavy atom. The lowest BCUT2D eigenvalue weighted by atomic mass is 10.0. The maximum Gasteiger partial charge on any atom is 0.123 e. The summed E-state index contributed by atoms with van der Waals surface area (Å²) in [5, 5.41) is 3.26.